The van der Waals surface area contributed by atoms with Crippen molar-refractivity contribution in [1.82, 2.24) is 0 Å². The van der Waals surface area contributed by atoms with Gasteiger partial charge in [-0.1, -0.05) is 39.0 Å². The number of halogens is 1. The molecule has 1 aromatic carbocycles. The van der Waals surface area contributed by atoms with Crippen LogP contribution in [-0.2, 0) is 0 Å². The summed E-state index contributed by atoms with van der Waals surface area (Å²) in [5.41, 5.74) is 3.05. The van der Waals surface area contributed by atoms with Crippen molar-refractivity contribution >= 4 is 5.57 Å². The van der Waals surface area contributed by atoms with Gasteiger partial charge in [0.05, 0.1) is 0 Å². The summed E-state index contributed by atoms with van der Waals surface area (Å²) in [5.74, 6) is 2.32. The third kappa shape index (κ3) is 1.82. The number of allylic oxidation sites excluding steroid dienone is 2. The Labute approximate surface area is 103 Å². The van der Waals surface area contributed by atoms with Gasteiger partial charge in [-0.25, -0.2) is 4.39 Å². The maximum atomic E-state index is 12.9. The van der Waals surface area contributed by atoms with Crippen LogP contribution in [0.25, 0.3) is 5.57 Å². The molecule has 1 heteroatoms. The Morgan fingerprint density at radius 3 is 2.24 bits per heavy atom. The fourth-order valence-corrected chi connectivity index (χ4v) is 3.54. The van der Waals surface area contributed by atoms with Crippen LogP contribution in [0.15, 0.2) is 30.3 Å². The van der Waals surface area contributed by atoms with Crippen molar-refractivity contribution in [3.8, 4) is 0 Å². The fraction of sp³-hybridized carbons (Fsp3) is 0.500. The van der Waals surface area contributed by atoms with Crippen LogP contribution in [0.1, 0.15) is 32.8 Å². The third-order valence-electron chi connectivity index (χ3n) is 4.29. The molecule has 0 aromatic heterocycles. The Balaban J connectivity index is 1.78. The van der Waals surface area contributed by atoms with E-state index in [-0.39, 0.29) is 5.82 Å². The summed E-state index contributed by atoms with van der Waals surface area (Å²) in [6.45, 7) is 7.00. The molecule has 3 atom stereocenters. The largest absolute Gasteiger partial charge is 0.207 e. The average molecular weight is 230 g/mol. The first-order valence-corrected chi connectivity index (χ1v) is 6.43. The van der Waals surface area contributed by atoms with E-state index >= 15 is 0 Å². The fourth-order valence-electron chi connectivity index (χ4n) is 3.54. The van der Waals surface area contributed by atoms with Gasteiger partial charge in [0.25, 0.3) is 0 Å². The summed E-state index contributed by atoms with van der Waals surface area (Å²) < 4.78 is 12.9. The first-order valence-electron chi connectivity index (χ1n) is 6.43. The van der Waals surface area contributed by atoms with Gasteiger partial charge in [-0.2, -0.15) is 0 Å². The molecule has 2 aliphatic carbocycles. The van der Waals surface area contributed by atoms with Crippen molar-refractivity contribution in [2.24, 2.45) is 23.2 Å². The van der Waals surface area contributed by atoms with Crippen molar-refractivity contribution in [1.29, 1.82) is 0 Å². The van der Waals surface area contributed by atoms with Crippen molar-refractivity contribution in [2.45, 2.75) is 27.2 Å². The van der Waals surface area contributed by atoms with Crippen LogP contribution in [0.4, 0.5) is 4.39 Å². The second-order valence-corrected chi connectivity index (χ2v) is 6.54. The van der Waals surface area contributed by atoms with Gasteiger partial charge in [0.15, 0.2) is 0 Å². The minimum Gasteiger partial charge on any atom is -0.207 e. The van der Waals surface area contributed by atoms with Gasteiger partial charge >= 0.3 is 0 Å². The molecule has 0 N–H and O–H groups in total. The maximum Gasteiger partial charge on any atom is 0.123 e. The summed E-state index contributed by atoms with van der Waals surface area (Å²) in [6, 6.07) is 6.92. The van der Waals surface area contributed by atoms with Crippen molar-refractivity contribution in [3.05, 3.63) is 41.7 Å². The maximum absolute atomic E-state index is 12.9. The van der Waals surface area contributed by atoms with E-state index in [4.69, 9.17) is 0 Å². The molecule has 0 nitrogen and oxygen atoms in total. The molecule has 0 amide bonds. The SMILES string of the molecule is CC(C)(C)C1C2C=C(c3ccc(F)cc3)CC21. The van der Waals surface area contributed by atoms with Gasteiger partial charge in [0.1, 0.15) is 5.82 Å². The highest BCUT2D eigenvalue weighted by atomic mass is 19.1. The molecule has 0 radical (unpaired) electrons. The normalized spacial score (nSPS) is 31.1. The van der Waals surface area contributed by atoms with Crippen LogP contribution >= 0.6 is 0 Å². The van der Waals surface area contributed by atoms with E-state index in [2.05, 4.69) is 26.8 Å². The van der Waals surface area contributed by atoms with E-state index in [1.807, 2.05) is 12.1 Å². The van der Waals surface area contributed by atoms with Crippen LogP contribution in [0.5, 0.6) is 0 Å². The standard InChI is InChI=1S/C16H19F/c1-16(2,3)15-13-8-11(9-14(13)15)10-4-6-12(17)7-5-10/h4-8,13-15H,9H2,1-3H3. The highest BCUT2D eigenvalue weighted by Gasteiger charge is 2.56. The summed E-state index contributed by atoms with van der Waals surface area (Å²) in [5, 5.41) is 0. The minimum absolute atomic E-state index is 0.148. The highest BCUT2D eigenvalue weighted by Crippen LogP contribution is 2.64. The van der Waals surface area contributed by atoms with Crippen molar-refractivity contribution in [3.63, 3.8) is 0 Å². The number of rotatable bonds is 1. The van der Waals surface area contributed by atoms with E-state index in [9.17, 15) is 4.39 Å². The van der Waals surface area contributed by atoms with Crippen molar-refractivity contribution in [2.75, 3.05) is 0 Å². The molecular formula is C16H19F. The Bertz CT molecular complexity index is 461. The zero-order chi connectivity index (χ0) is 12.2. The molecule has 0 bridgehead atoms. The second kappa shape index (κ2) is 3.44. The minimum atomic E-state index is -0.148. The number of benzene rings is 1. The molecule has 3 rings (SSSR count). The lowest BCUT2D eigenvalue weighted by Gasteiger charge is -2.20. The van der Waals surface area contributed by atoms with Crippen LogP contribution in [0.2, 0.25) is 0 Å². The molecule has 0 aliphatic heterocycles. The Morgan fingerprint density at radius 1 is 1.12 bits per heavy atom. The zero-order valence-electron chi connectivity index (χ0n) is 10.7. The number of hydrogen-bond donors (Lipinski definition) is 0. The van der Waals surface area contributed by atoms with Crippen molar-refractivity contribution < 1.29 is 4.39 Å². The molecule has 3 unspecified atom stereocenters. The monoisotopic (exact) mass is 230 g/mol. The molecule has 17 heavy (non-hydrogen) atoms. The smallest absolute Gasteiger partial charge is 0.123 e. The van der Waals surface area contributed by atoms with E-state index in [0.717, 1.165) is 17.8 Å². The molecule has 0 heterocycles. The first-order chi connectivity index (χ1) is 7.97. The molecule has 2 aliphatic rings. The quantitative estimate of drug-likeness (QED) is 0.665. The molecule has 1 fully saturated rings. The highest BCUT2D eigenvalue weighted by molar-refractivity contribution is 5.70. The van der Waals surface area contributed by atoms with Gasteiger partial charge in [0, 0.05) is 0 Å². The third-order valence-corrected chi connectivity index (χ3v) is 4.29. The van der Waals surface area contributed by atoms with Crippen LogP contribution in [-0.4, -0.2) is 0 Å². The number of fused-ring (bicyclic) bond motifs is 1. The lowest BCUT2D eigenvalue weighted by molar-refractivity contribution is 0.322. The summed E-state index contributed by atoms with van der Waals surface area (Å²) in [4.78, 5) is 0. The molecular weight excluding hydrogens is 211 g/mol. The lowest BCUT2D eigenvalue weighted by atomic mass is 9.85. The van der Waals surface area contributed by atoms with Gasteiger partial charge < -0.3 is 0 Å². The topological polar surface area (TPSA) is 0 Å². The average Bonchev–Trinajstić information content (AvgIpc) is 2.78. The molecule has 90 valence electrons. The van der Waals surface area contributed by atoms with Crippen LogP contribution in [0, 0.1) is 29.0 Å². The predicted octanol–water partition coefficient (Wildman–Crippen LogP) is 4.52. The second-order valence-electron chi connectivity index (χ2n) is 6.54. The van der Waals surface area contributed by atoms with E-state index < -0.39 is 0 Å². The first kappa shape index (κ1) is 11.0. The van der Waals surface area contributed by atoms with Crippen LogP contribution in [0.3, 0.4) is 0 Å². The Kier molecular flexibility index (Phi) is 2.23. The summed E-state index contributed by atoms with van der Waals surface area (Å²) in [6.07, 6.45) is 3.60. The predicted molar refractivity (Wildman–Crippen MR) is 68.9 cm³/mol. The lowest BCUT2D eigenvalue weighted by Crippen LogP contribution is -2.11. The molecule has 0 spiro atoms. The summed E-state index contributed by atoms with van der Waals surface area (Å²) in [7, 11) is 0. The van der Waals surface area contributed by atoms with E-state index in [0.29, 0.717) is 5.41 Å². The van der Waals surface area contributed by atoms with Gasteiger partial charge in [-0.15, -0.1) is 0 Å². The molecule has 1 saturated carbocycles. The molecule has 0 saturated heterocycles. The van der Waals surface area contributed by atoms with Crippen LogP contribution < -0.4 is 0 Å². The van der Waals surface area contributed by atoms with Gasteiger partial charge in [0.2, 0.25) is 0 Å². The van der Waals surface area contributed by atoms with Gasteiger partial charge in [-0.05, 0) is 52.9 Å². The number of hydrogen-bond acceptors (Lipinski definition) is 0. The molecule has 1 aromatic rings. The van der Waals surface area contributed by atoms with Gasteiger partial charge in [-0.3, -0.25) is 0 Å². The summed E-state index contributed by atoms with van der Waals surface area (Å²) >= 11 is 0. The van der Waals surface area contributed by atoms with E-state index in [1.165, 1.54) is 17.6 Å². The van der Waals surface area contributed by atoms with E-state index in [1.54, 1.807) is 12.1 Å². The Morgan fingerprint density at radius 2 is 1.76 bits per heavy atom. The Hall–Kier alpha value is -1.11. The zero-order valence-corrected chi connectivity index (χ0v) is 10.7.